The van der Waals surface area contributed by atoms with Gasteiger partial charge in [-0.1, -0.05) is 80.4 Å². The molecule has 0 aromatic heterocycles. The van der Waals surface area contributed by atoms with E-state index in [2.05, 4.69) is 67.5 Å². The average molecular weight is 387 g/mol. The molecule has 2 aliphatic rings. The zero-order chi connectivity index (χ0) is 21.4. The molecule has 0 radical (unpaired) electrons. The Labute approximate surface area is 173 Å². The molecule has 0 saturated carbocycles. The third-order valence-electron chi connectivity index (χ3n) is 6.42. The van der Waals surface area contributed by atoms with Crippen LogP contribution >= 0.6 is 0 Å². The molecule has 0 saturated heterocycles. The topological polar surface area (TPSA) is 40.5 Å². The predicted molar refractivity (Wildman–Crippen MR) is 120 cm³/mol. The fourth-order valence-corrected chi connectivity index (χ4v) is 4.45. The van der Waals surface area contributed by atoms with E-state index in [1.54, 1.807) is 0 Å². The minimum atomic E-state index is -0.0275. The van der Waals surface area contributed by atoms with E-state index in [4.69, 9.17) is 0 Å². The average Bonchev–Trinajstić information content (AvgIpc) is 2.55. The second kappa shape index (κ2) is 7.76. The van der Waals surface area contributed by atoms with E-state index in [9.17, 15) is 10.2 Å². The van der Waals surface area contributed by atoms with Crippen LogP contribution in [-0.4, -0.2) is 10.2 Å². The summed E-state index contributed by atoms with van der Waals surface area (Å²) < 4.78 is 0. The van der Waals surface area contributed by atoms with E-state index in [1.807, 2.05) is 12.2 Å². The van der Waals surface area contributed by atoms with Gasteiger partial charge in [-0.2, -0.15) is 0 Å². The first-order valence-corrected chi connectivity index (χ1v) is 10.9. The van der Waals surface area contributed by atoms with Gasteiger partial charge in [0.2, 0.25) is 0 Å². The number of aliphatic hydroxyl groups is 2. The number of allylic oxidation sites excluding steroid dienone is 6. The highest BCUT2D eigenvalue weighted by atomic mass is 16.3. The maximum Gasteiger partial charge on any atom is 0.115 e. The first kappa shape index (κ1) is 22.8. The van der Waals surface area contributed by atoms with Gasteiger partial charge in [-0.15, -0.1) is 0 Å². The third-order valence-corrected chi connectivity index (χ3v) is 6.42. The van der Waals surface area contributed by atoms with Crippen molar-refractivity contribution in [1.29, 1.82) is 0 Å². The molecule has 0 amide bonds. The number of hydrogen-bond donors (Lipinski definition) is 2. The molecule has 0 bridgehead atoms. The molecule has 0 spiro atoms. The summed E-state index contributed by atoms with van der Waals surface area (Å²) in [5.74, 6) is 0.928. The molecular formula is C26H42O2. The molecule has 0 heterocycles. The lowest BCUT2D eigenvalue weighted by molar-refractivity contribution is 0.295. The Kier molecular flexibility index (Phi) is 6.34. The molecule has 2 heteroatoms. The highest BCUT2D eigenvalue weighted by Gasteiger charge is 2.33. The molecule has 2 aliphatic carbocycles. The maximum absolute atomic E-state index is 10.3. The molecule has 2 atom stereocenters. The van der Waals surface area contributed by atoms with Crippen molar-refractivity contribution >= 4 is 0 Å². The van der Waals surface area contributed by atoms with Crippen molar-refractivity contribution in [3.8, 4) is 0 Å². The minimum absolute atomic E-state index is 0.0275. The van der Waals surface area contributed by atoms with Gasteiger partial charge in [-0.3, -0.25) is 0 Å². The van der Waals surface area contributed by atoms with Crippen molar-refractivity contribution in [2.45, 2.75) is 93.9 Å². The fourth-order valence-electron chi connectivity index (χ4n) is 4.45. The second-order valence-corrected chi connectivity index (χ2v) is 11.7. The Morgan fingerprint density at radius 3 is 1.32 bits per heavy atom. The maximum atomic E-state index is 10.3. The Balaban J connectivity index is 1.97. The van der Waals surface area contributed by atoms with Crippen molar-refractivity contribution < 1.29 is 10.2 Å². The van der Waals surface area contributed by atoms with Crippen molar-refractivity contribution in [3.05, 3.63) is 47.0 Å². The lowest BCUT2D eigenvalue weighted by atomic mass is 9.70. The summed E-state index contributed by atoms with van der Waals surface area (Å²) in [6, 6.07) is 0. The standard InChI is InChI=1S/C26H42O2/c1-23(2,3)19-17-25(7,15-11-21(19)27)13-9-10-14-26(8)16-12-22(28)20(18-26)24(4,5)6/h11-12,17-18,27-28H,9-10,13-16H2,1-8H3. The van der Waals surface area contributed by atoms with Crippen molar-refractivity contribution in [1.82, 2.24) is 0 Å². The largest absolute Gasteiger partial charge is 0.508 e. The molecule has 2 rings (SSSR count). The lowest BCUT2D eigenvalue weighted by Gasteiger charge is -2.36. The fraction of sp³-hybridized carbons (Fsp3) is 0.692. The molecule has 28 heavy (non-hydrogen) atoms. The van der Waals surface area contributed by atoms with Gasteiger partial charge in [-0.05, 0) is 70.6 Å². The van der Waals surface area contributed by atoms with Crippen molar-refractivity contribution in [2.24, 2.45) is 21.7 Å². The van der Waals surface area contributed by atoms with Crippen LogP contribution in [0.2, 0.25) is 0 Å². The Hall–Kier alpha value is -1.44. The van der Waals surface area contributed by atoms with Gasteiger partial charge < -0.3 is 10.2 Å². The van der Waals surface area contributed by atoms with Gasteiger partial charge in [0.25, 0.3) is 0 Å². The zero-order valence-electron chi connectivity index (χ0n) is 19.4. The Morgan fingerprint density at radius 1 is 0.714 bits per heavy atom. The van der Waals surface area contributed by atoms with Crippen LogP contribution in [0.15, 0.2) is 47.0 Å². The molecule has 0 aromatic rings. The van der Waals surface area contributed by atoms with Crippen LogP contribution < -0.4 is 0 Å². The van der Waals surface area contributed by atoms with Crippen LogP contribution in [0.4, 0.5) is 0 Å². The number of unbranched alkanes of at least 4 members (excludes halogenated alkanes) is 1. The lowest BCUT2D eigenvalue weighted by Crippen LogP contribution is -2.24. The molecule has 0 aromatic carbocycles. The Bertz CT molecular complexity index is 644. The SMILES string of the molecule is CC1(CCCCC2(C)C=C(C(C)(C)C)C(O)=CC2)C=C(C(C)(C)C)C(O)=CC1. The van der Waals surface area contributed by atoms with Crippen LogP contribution in [0.5, 0.6) is 0 Å². The summed E-state index contributed by atoms with van der Waals surface area (Å²) in [6.07, 6.45) is 15.1. The summed E-state index contributed by atoms with van der Waals surface area (Å²) in [4.78, 5) is 0. The number of aliphatic hydroxyl groups excluding tert-OH is 2. The van der Waals surface area contributed by atoms with Gasteiger partial charge in [0, 0.05) is 0 Å². The minimum Gasteiger partial charge on any atom is -0.508 e. The summed E-state index contributed by atoms with van der Waals surface area (Å²) in [6.45, 7) is 17.6. The van der Waals surface area contributed by atoms with Gasteiger partial charge in [0.15, 0.2) is 0 Å². The monoisotopic (exact) mass is 386 g/mol. The highest BCUT2D eigenvalue weighted by Crippen LogP contribution is 2.45. The smallest absolute Gasteiger partial charge is 0.115 e. The second-order valence-electron chi connectivity index (χ2n) is 11.7. The number of hydrogen-bond acceptors (Lipinski definition) is 2. The van der Waals surface area contributed by atoms with E-state index < -0.39 is 0 Å². The van der Waals surface area contributed by atoms with Gasteiger partial charge >= 0.3 is 0 Å². The molecule has 0 aliphatic heterocycles. The van der Waals surface area contributed by atoms with Crippen molar-refractivity contribution in [3.63, 3.8) is 0 Å². The summed E-state index contributed by atoms with van der Waals surface area (Å²) in [5.41, 5.74) is 2.37. The van der Waals surface area contributed by atoms with Gasteiger partial charge in [0.05, 0.1) is 0 Å². The zero-order valence-corrected chi connectivity index (χ0v) is 19.4. The normalized spacial score (nSPS) is 29.0. The van der Waals surface area contributed by atoms with Crippen LogP contribution in [0, 0.1) is 21.7 Å². The van der Waals surface area contributed by atoms with E-state index in [1.165, 1.54) is 12.8 Å². The van der Waals surface area contributed by atoms with Crippen LogP contribution in [0.1, 0.15) is 93.9 Å². The van der Waals surface area contributed by atoms with Crippen molar-refractivity contribution in [2.75, 3.05) is 0 Å². The molecule has 2 N–H and O–H groups in total. The molecular weight excluding hydrogens is 344 g/mol. The van der Waals surface area contributed by atoms with Crippen LogP contribution in [0.3, 0.4) is 0 Å². The quantitative estimate of drug-likeness (QED) is 0.467. The van der Waals surface area contributed by atoms with E-state index in [0.29, 0.717) is 11.5 Å². The first-order chi connectivity index (χ1) is 12.7. The molecule has 158 valence electrons. The van der Waals surface area contributed by atoms with E-state index >= 15 is 0 Å². The van der Waals surface area contributed by atoms with E-state index in [-0.39, 0.29) is 21.7 Å². The van der Waals surface area contributed by atoms with Crippen LogP contribution in [0.25, 0.3) is 0 Å². The highest BCUT2D eigenvalue weighted by molar-refractivity contribution is 5.36. The summed E-state index contributed by atoms with van der Waals surface area (Å²) in [7, 11) is 0. The van der Waals surface area contributed by atoms with Gasteiger partial charge in [0.1, 0.15) is 11.5 Å². The Morgan fingerprint density at radius 2 is 1.04 bits per heavy atom. The molecule has 2 unspecified atom stereocenters. The van der Waals surface area contributed by atoms with E-state index in [0.717, 1.165) is 36.8 Å². The summed E-state index contributed by atoms with van der Waals surface area (Å²) >= 11 is 0. The summed E-state index contributed by atoms with van der Waals surface area (Å²) in [5, 5.41) is 20.6. The first-order valence-electron chi connectivity index (χ1n) is 10.9. The van der Waals surface area contributed by atoms with Gasteiger partial charge in [-0.25, -0.2) is 0 Å². The molecule has 0 fully saturated rings. The molecule has 2 nitrogen and oxygen atoms in total. The third kappa shape index (κ3) is 5.55. The number of rotatable bonds is 5. The van der Waals surface area contributed by atoms with Crippen LogP contribution in [-0.2, 0) is 0 Å². The predicted octanol–water partition coefficient (Wildman–Crippen LogP) is 8.20.